The van der Waals surface area contributed by atoms with Gasteiger partial charge < -0.3 is 5.11 Å². The van der Waals surface area contributed by atoms with Crippen LogP contribution >= 0.6 is 27.7 Å². The standard InChI is InChI=1S/C23H16BrNO2S/c24-17-11-12-19-18(13-17)21(15-7-3-1-4-8-15)23(28-14-20(26)27)22(25-19)16-9-5-2-6-10-16/h1-13H,14H2,(H,26,27). The number of carbonyl (C=O) groups is 1. The summed E-state index contributed by atoms with van der Waals surface area (Å²) in [4.78, 5) is 17.1. The highest BCUT2D eigenvalue weighted by Gasteiger charge is 2.19. The number of aliphatic carboxylic acids is 1. The van der Waals surface area contributed by atoms with Crippen LogP contribution in [0.25, 0.3) is 33.3 Å². The summed E-state index contributed by atoms with van der Waals surface area (Å²) in [6, 6.07) is 26.0. The van der Waals surface area contributed by atoms with Gasteiger partial charge in [-0.15, -0.1) is 11.8 Å². The first-order valence-electron chi connectivity index (χ1n) is 8.72. The third kappa shape index (κ3) is 3.81. The second kappa shape index (κ2) is 8.17. The van der Waals surface area contributed by atoms with Crippen molar-refractivity contribution in [2.45, 2.75) is 4.90 Å². The van der Waals surface area contributed by atoms with Crippen LogP contribution in [0, 0.1) is 0 Å². The zero-order valence-electron chi connectivity index (χ0n) is 14.8. The van der Waals surface area contributed by atoms with E-state index in [4.69, 9.17) is 4.98 Å². The lowest BCUT2D eigenvalue weighted by Gasteiger charge is -2.17. The minimum Gasteiger partial charge on any atom is -0.481 e. The molecule has 0 saturated carbocycles. The zero-order chi connectivity index (χ0) is 19.5. The SMILES string of the molecule is O=C(O)CSc1c(-c2ccccc2)nc2ccc(Br)cc2c1-c1ccccc1. The first-order chi connectivity index (χ1) is 13.6. The molecule has 0 bridgehead atoms. The van der Waals surface area contributed by atoms with Gasteiger partial charge in [-0.25, -0.2) is 4.98 Å². The molecule has 1 N–H and O–H groups in total. The van der Waals surface area contributed by atoms with Crippen LogP contribution in [-0.2, 0) is 4.79 Å². The normalized spacial score (nSPS) is 10.9. The Morgan fingerprint density at radius 1 is 0.929 bits per heavy atom. The smallest absolute Gasteiger partial charge is 0.313 e. The molecule has 0 unspecified atom stereocenters. The average molecular weight is 450 g/mol. The molecule has 0 atom stereocenters. The highest BCUT2D eigenvalue weighted by molar-refractivity contribution is 9.10. The van der Waals surface area contributed by atoms with Gasteiger partial charge in [-0.05, 0) is 23.8 Å². The number of hydrogen-bond donors (Lipinski definition) is 1. The number of carboxylic acids is 1. The minimum absolute atomic E-state index is 0.0269. The van der Waals surface area contributed by atoms with E-state index >= 15 is 0 Å². The van der Waals surface area contributed by atoms with Crippen molar-refractivity contribution in [1.82, 2.24) is 4.98 Å². The number of carboxylic acid groups (broad SMARTS) is 1. The predicted octanol–water partition coefficient (Wildman–Crippen LogP) is 6.51. The van der Waals surface area contributed by atoms with Gasteiger partial charge in [0.15, 0.2) is 0 Å². The molecule has 1 aromatic heterocycles. The first-order valence-corrected chi connectivity index (χ1v) is 10.5. The summed E-state index contributed by atoms with van der Waals surface area (Å²) < 4.78 is 0.959. The van der Waals surface area contributed by atoms with E-state index in [-0.39, 0.29) is 5.75 Å². The number of rotatable bonds is 5. The van der Waals surface area contributed by atoms with Crippen molar-refractivity contribution in [2.24, 2.45) is 0 Å². The van der Waals surface area contributed by atoms with Crippen LogP contribution in [0.4, 0.5) is 0 Å². The summed E-state index contributed by atoms with van der Waals surface area (Å²) >= 11 is 4.88. The number of fused-ring (bicyclic) bond motifs is 1. The summed E-state index contributed by atoms with van der Waals surface area (Å²) in [5.41, 5.74) is 4.70. The molecule has 28 heavy (non-hydrogen) atoms. The molecule has 1 heterocycles. The first kappa shape index (κ1) is 18.7. The molecule has 5 heteroatoms. The topological polar surface area (TPSA) is 50.2 Å². The molecule has 0 fully saturated rings. The number of benzene rings is 3. The monoisotopic (exact) mass is 449 g/mol. The van der Waals surface area contributed by atoms with Gasteiger partial charge in [0.2, 0.25) is 0 Å². The van der Waals surface area contributed by atoms with Crippen molar-refractivity contribution in [3.8, 4) is 22.4 Å². The molecule has 0 amide bonds. The highest BCUT2D eigenvalue weighted by Crippen LogP contribution is 2.43. The molecule has 0 aliphatic heterocycles. The molecule has 0 aliphatic rings. The summed E-state index contributed by atoms with van der Waals surface area (Å²) in [6.45, 7) is 0. The molecule has 4 aromatic rings. The van der Waals surface area contributed by atoms with Gasteiger partial charge >= 0.3 is 5.97 Å². The average Bonchev–Trinajstić information content (AvgIpc) is 2.72. The van der Waals surface area contributed by atoms with Crippen molar-refractivity contribution in [3.05, 3.63) is 83.3 Å². The Labute approximate surface area is 175 Å². The second-order valence-electron chi connectivity index (χ2n) is 6.24. The molecule has 0 aliphatic carbocycles. The summed E-state index contributed by atoms with van der Waals surface area (Å²) in [7, 11) is 0. The number of pyridine rings is 1. The van der Waals surface area contributed by atoms with E-state index in [0.29, 0.717) is 0 Å². The van der Waals surface area contributed by atoms with Crippen LogP contribution in [0.1, 0.15) is 0 Å². The van der Waals surface area contributed by atoms with E-state index in [1.807, 2.05) is 66.7 Å². The van der Waals surface area contributed by atoms with E-state index in [9.17, 15) is 9.90 Å². The van der Waals surface area contributed by atoms with E-state index in [0.717, 1.165) is 42.7 Å². The summed E-state index contributed by atoms with van der Waals surface area (Å²) in [5.74, 6) is -0.877. The van der Waals surface area contributed by atoms with Crippen LogP contribution in [-0.4, -0.2) is 21.8 Å². The largest absolute Gasteiger partial charge is 0.481 e. The Kier molecular flexibility index (Phi) is 5.46. The number of hydrogen-bond acceptors (Lipinski definition) is 3. The number of halogens is 1. The molecule has 4 rings (SSSR count). The Balaban J connectivity index is 2.09. The maximum atomic E-state index is 11.3. The number of nitrogens with zero attached hydrogens (tertiary/aromatic N) is 1. The summed E-state index contributed by atoms with van der Waals surface area (Å²) in [5, 5.41) is 10.3. The van der Waals surface area contributed by atoms with E-state index in [1.165, 1.54) is 11.8 Å². The summed E-state index contributed by atoms with van der Waals surface area (Å²) in [6.07, 6.45) is 0. The molecular formula is C23H16BrNO2S. The van der Waals surface area contributed by atoms with Crippen LogP contribution in [0.5, 0.6) is 0 Å². The van der Waals surface area contributed by atoms with Crippen molar-refractivity contribution in [1.29, 1.82) is 0 Å². The second-order valence-corrected chi connectivity index (χ2v) is 8.14. The lowest BCUT2D eigenvalue weighted by molar-refractivity contribution is -0.133. The fraction of sp³-hybridized carbons (Fsp3) is 0.0435. The molecule has 138 valence electrons. The van der Waals surface area contributed by atoms with Gasteiger partial charge in [0.1, 0.15) is 0 Å². The van der Waals surface area contributed by atoms with Gasteiger partial charge in [0.25, 0.3) is 0 Å². The zero-order valence-corrected chi connectivity index (χ0v) is 17.2. The van der Waals surface area contributed by atoms with Crippen LogP contribution in [0.3, 0.4) is 0 Å². The van der Waals surface area contributed by atoms with Crippen LogP contribution < -0.4 is 0 Å². The molecule has 0 saturated heterocycles. The Morgan fingerprint density at radius 2 is 1.57 bits per heavy atom. The fourth-order valence-electron chi connectivity index (χ4n) is 3.18. The maximum absolute atomic E-state index is 11.3. The van der Waals surface area contributed by atoms with Crippen LogP contribution in [0.2, 0.25) is 0 Å². The Morgan fingerprint density at radius 3 is 2.21 bits per heavy atom. The fourth-order valence-corrected chi connectivity index (χ4v) is 4.48. The maximum Gasteiger partial charge on any atom is 0.313 e. The van der Waals surface area contributed by atoms with Crippen LogP contribution in [0.15, 0.2) is 88.2 Å². The molecule has 0 radical (unpaired) electrons. The van der Waals surface area contributed by atoms with Gasteiger partial charge in [0.05, 0.1) is 17.0 Å². The third-order valence-electron chi connectivity index (χ3n) is 4.35. The van der Waals surface area contributed by atoms with Crippen molar-refractivity contribution in [2.75, 3.05) is 5.75 Å². The highest BCUT2D eigenvalue weighted by atomic mass is 79.9. The third-order valence-corrected chi connectivity index (χ3v) is 5.92. The van der Waals surface area contributed by atoms with E-state index < -0.39 is 5.97 Å². The molecule has 3 nitrogen and oxygen atoms in total. The van der Waals surface area contributed by atoms with Gasteiger partial charge in [-0.1, -0.05) is 76.6 Å². The van der Waals surface area contributed by atoms with E-state index in [1.54, 1.807) is 0 Å². The number of aromatic nitrogens is 1. The van der Waals surface area contributed by atoms with E-state index in [2.05, 4.69) is 28.1 Å². The van der Waals surface area contributed by atoms with Crippen molar-refractivity contribution < 1.29 is 9.90 Å². The van der Waals surface area contributed by atoms with Crippen molar-refractivity contribution in [3.63, 3.8) is 0 Å². The van der Waals surface area contributed by atoms with Crippen molar-refractivity contribution >= 4 is 44.6 Å². The molecule has 0 spiro atoms. The Bertz CT molecular complexity index is 1150. The quantitative estimate of drug-likeness (QED) is 0.352. The van der Waals surface area contributed by atoms with Gasteiger partial charge in [-0.2, -0.15) is 0 Å². The molecular weight excluding hydrogens is 434 g/mol. The number of thioether (sulfide) groups is 1. The van der Waals surface area contributed by atoms with Gasteiger partial charge in [-0.3, -0.25) is 4.79 Å². The molecule has 3 aromatic carbocycles. The lowest BCUT2D eigenvalue weighted by Crippen LogP contribution is -2.01. The minimum atomic E-state index is -0.850. The lowest BCUT2D eigenvalue weighted by atomic mass is 9.98. The predicted molar refractivity (Wildman–Crippen MR) is 119 cm³/mol. The van der Waals surface area contributed by atoms with Gasteiger partial charge in [0, 0.05) is 25.9 Å². The Hall–Kier alpha value is -2.63.